The molecule has 3 aromatic rings. The minimum atomic E-state index is -0.440. The van der Waals surface area contributed by atoms with Crippen LogP contribution in [-0.2, 0) is 0 Å². The average Bonchev–Trinajstić information content (AvgIpc) is 2.97. The van der Waals surface area contributed by atoms with Crippen molar-refractivity contribution in [1.29, 1.82) is 5.26 Å². The molecule has 0 N–H and O–H groups in total. The summed E-state index contributed by atoms with van der Waals surface area (Å²) in [7, 11) is 0. The molecular weight excluding hydrogens is 398 g/mol. The number of rotatable bonds is 4. The molecule has 0 radical (unpaired) electrons. The lowest BCUT2D eigenvalue weighted by molar-refractivity contribution is 0.103. The number of nitriles is 1. The fourth-order valence-corrected chi connectivity index (χ4v) is 3.37. The number of hydrogen-bond donors (Lipinski definition) is 0. The van der Waals surface area contributed by atoms with E-state index in [0.717, 1.165) is 0 Å². The lowest BCUT2D eigenvalue weighted by Gasteiger charge is -2.10. The summed E-state index contributed by atoms with van der Waals surface area (Å²) < 4.78 is 15.9. The van der Waals surface area contributed by atoms with Gasteiger partial charge in [0, 0.05) is 17.0 Å². The van der Waals surface area contributed by atoms with Crippen LogP contribution in [0, 0.1) is 31.0 Å². The number of ketones is 1. The molecule has 1 heterocycles. The van der Waals surface area contributed by atoms with Crippen LogP contribution < -0.4 is 0 Å². The Morgan fingerprint density at radius 1 is 1.11 bits per heavy atom. The van der Waals surface area contributed by atoms with Gasteiger partial charge in [-0.25, -0.2) is 4.39 Å². The van der Waals surface area contributed by atoms with Crippen LogP contribution in [0.15, 0.2) is 54.1 Å². The van der Waals surface area contributed by atoms with Crippen LogP contribution in [0.3, 0.4) is 0 Å². The number of hydrogen-bond acceptors (Lipinski definition) is 2. The number of allylic oxidation sites excluding steroid dienone is 1. The number of para-hydroxylation sites is 1. The van der Waals surface area contributed by atoms with Crippen molar-refractivity contribution in [1.82, 2.24) is 4.57 Å². The predicted octanol–water partition coefficient (Wildman–Crippen LogP) is 6.33. The number of carbonyl (C=O) groups is 1. The second-order valence-corrected chi connectivity index (χ2v) is 7.06. The molecule has 6 heteroatoms. The smallest absolute Gasteiger partial charge is 0.205 e. The van der Waals surface area contributed by atoms with Gasteiger partial charge in [0.1, 0.15) is 17.5 Å². The molecule has 3 rings (SSSR count). The molecule has 0 spiro atoms. The third-order valence-corrected chi connectivity index (χ3v) is 5.13. The average molecular weight is 413 g/mol. The van der Waals surface area contributed by atoms with Gasteiger partial charge in [-0.15, -0.1) is 0 Å². The predicted molar refractivity (Wildman–Crippen MR) is 110 cm³/mol. The lowest BCUT2D eigenvalue weighted by Crippen LogP contribution is -2.06. The first-order chi connectivity index (χ1) is 13.3. The van der Waals surface area contributed by atoms with E-state index in [4.69, 9.17) is 23.2 Å². The molecule has 0 bridgehead atoms. The van der Waals surface area contributed by atoms with E-state index in [0.29, 0.717) is 38.2 Å². The van der Waals surface area contributed by atoms with Crippen molar-refractivity contribution in [2.24, 2.45) is 0 Å². The minimum Gasteiger partial charge on any atom is -0.315 e. The standard InChI is InChI=1S/C22H15Cl2FN2O/c1-13-9-17(14(2)27(13)21-6-4-3-5-20(21)25)22(28)16(12-26)10-15-7-8-18(23)19(24)11-15/h3-11H,1-2H3. The largest absolute Gasteiger partial charge is 0.315 e. The van der Waals surface area contributed by atoms with Crippen LogP contribution in [0.2, 0.25) is 10.0 Å². The van der Waals surface area contributed by atoms with Crippen molar-refractivity contribution < 1.29 is 9.18 Å². The van der Waals surface area contributed by atoms with Crippen molar-refractivity contribution in [3.8, 4) is 11.8 Å². The molecule has 3 nitrogen and oxygen atoms in total. The number of Topliss-reactive ketones (excluding diaryl/α,β-unsaturated/α-hetero) is 1. The third-order valence-electron chi connectivity index (χ3n) is 4.39. The molecule has 0 amide bonds. The van der Waals surface area contributed by atoms with Gasteiger partial charge in [0.05, 0.1) is 15.7 Å². The molecule has 0 atom stereocenters. The number of halogens is 3. The Morgan fingerprint density at radius 3 is 2.46 bits per heavy atom. The topological polar surface area (TPSA) is 45.8 Å². The van der Waals surface area contributed by atoms with Crippen LogP contribution in [-0.4, -0.2) is 10.4 Å². The molecule has 0 aliphatic carbocycles. The first-order valence-electron chi connectivity index (χ1n) is 8.39. The van der Waals surface area contributed by atoms with Crippen molar-refractivity contribution in [3.63, 3.8) is 0 Å². The fourth-order valence-electron chi connectivity index (χ4n) is 3.06. The fraction of sp³-hybridized carbons (Fsp3) is 0.0909. The molecule has 2 aromatic carbocycles. The Kier molecular flexibility index (Phi) is 5.69. The Labute approximate surface area is 172 Å². The molecule has 28 heavy (non-hydrogen) atoms. The van der Waals surface area contributed by atoms with E-state index in [9.17, 15) is 14.4 Å². The zero-order chi connectivity index (χ0) is 20.4. The Hall–Kier alpha value is -2.87. The van der Waals surface area contributed by atoms with E-state index >= 15 is 0 Å². The SMILES string of the molecule is Cc1cc(C(=O)C(C#N)=Cc2ccc(Cl)c(Cl)c2)c(C)n1-c1ccccc1F. The molecule has 1 aromatic heterocycles. The molecule has 0 aliphatic rings. The van der Waals surface area contributed by atoms with Gasteiger partial charge in [-0.3, -0.25) is 4.79 Å². The monoisotopic (exact) mass is 412 g/mol. The van der Waals surface area contributed by atoms with Crippen molar-refractivity contribution >= 4 is 35.1 Å². The molecule has 140 valence electrons. The highest BCUT2D eigenvalue weighted by atomic mass is 35.5. The molecule has 0 unspecified atom stereocenters. The lowest BCUT2D eigenvalue weighted by atomic mass is 10.0. The second kappa shape index (κ2) is 8.02. The number of benzene rings is 2. The summed E-state index contributed by atoms with van der Waals surface area (Å²) >= 11 is 11.9. The van der Waals surface area contributed by atoms with Crippen LogP contribution in [0.25, 0.3) is 11.8 Å². The quantitative estimate of drug-likeness (QED) is 0.285. The highest BCUT2D eigenvalue weighted by Gasteiger charge is 2.21. The second-order valence-electron chi connectivity index (χ2n) is 6.24. The highest BCUT2D eigenvalue weighted by Crippen LogP contribution is 2.27. The van der Waals surface area contributed by atoms with E-state index in [1.807, 2.05) is 6.07 Å². The summed E-state index contributed by atoms with van der Waals surface area (Å²) in [5.74, 6) is -0.834. The van der Waals surface area contributed by atoms with Gasteiger partial charge in [-0.2, -0.15) is 5.26 Å². The summed E-state index contributed by atoms with van der Waals surface area (Å²) in [6.45, 7) is 3.51. The summed E-state index contributed by atoms with van der Waals surface area (Å²) in [5, 5.41) is 10.2. The zero-order valence-corrected chi connectivity index (χ0v) is 16.6. The first kappa shape index (κ1) is 19.9. The van der Waals surface area contributed by atoms with Crippen LogP contribution in [0.1, 0.15) is 27.3 Å². The van der Waals surface area contributed by atoms with Crippen LogP contribution in [0.5, 0.6) is 0 Å². The van der Waals surface area contributed by atoms with E-state index in [1.165, 1.54) is 12.1 Å². The molecule has 0 fully saturated rings. The van der Waals surface area contributed by atoms with E-state index < -0.39 is 11.6 Å². The normalized spacial score (nSPS) is 11.4. The van der Waals surface area contributed by atoms with Gasteiger partial charge in [-0.05, 0) is 55.8 Å². The van der Waals surface area contributed by atoms with Crippen molar-refractivity contribution in [2.75, 3.05) is 0 Å². The summed E-state index contributed by atoms with van der Waals surface area (Å²) in [4.78, 5) is 13.0. The van der Waals surface area contributed by atoms with Crippen LogP contribution >= 0.6 is 23.2 Å². The van der Waals surface area contributed by atoms with E-state index in [-0.39, 0.29) is 5.57 Å². The molecule has 0 saturated carbocycles. The summed E-state index contributed by atoms with van der Waals surface area (Å²) in [6.07, 6.45) is 1.46. The Bertz CT molecular complexity index is 1160. The number of aromatic nitrogens is 1. The zero-order valence-electron chi connectivity index (χ0n) is 15.1. The van der Waals surface area contributed by atoms with E-state index in [2.05, 4.69) is 0 Å². The molecule has 0 aliphatic heterocycles. The maximum Gasteiger partial charge on any atom is 0.205 e. The van der Waals surface area contributed by atoms with Gasteiger partial charge in [0.2, 0.25) is 5.78 Å². The Morgan fingerprint density at radius 2 is 1.82 bits per heavy atom. The van der Waals surface area contributed by atoms with Gasteiger partial charge < -0.3 is 4.57 Å². The highest BCUT2D eigenvalue weighted by molar-refractivity contribution is 6.42. The number of nitrogens with zero attached hydrogens (tertiary/aromatic N) is 2. The first-order valence-corrected chi connectivity index (χ1v) is 9.14. The molecular formula is C22H15Cl2FN2O. The maximum absolute atomic E-state index is 14.2. The van der Waals surface area contributed by atoms with Gasteiger partial charge in [-0.1, -0.05) is 41.4 Å². The van der Waals surface area contributed by atoms with E-state index in [1.54, 1.807) is 60.9 Å². The van der Waals surface area contributed by atoms with Gasteiger partial charge in [0.15, 0.2) is 0 Å². The minimum absolute atomic E-state index is 0.0489. The van der Waals surface area contributed by atoms with Crippen LogP contribution in [0.4, 0.5) is 4.39 Å². The maximum atomic E-state index is 14.2. The Balaban J connectivity index is 2.06. The van der Waals surface area contributed by atoms with Gasteiger partial charge in [0.25, 0.3) is 0 Å². The van der Waals surface area contributed by atoms with Crippen molar-refractivity contribution in [3.05, 3.63) is 92.5 Å². The third kappa shape index (κ3) is 3.73. The summed E-state index contributed by atoms with van der Waals surface area (Å²) in [6, 6.07) is 14.8. The number of carbonyl (C=O) groups excluding carboxylic acids is 1. The summed E-state index contributed by atoms with van der Waals surface area (Å²) in [5.41, 5.74) is 2.48. The molecule has 0 saturated heterocycles. The van der Waals surface area contributed by atoms with Gasteiger partial charge >= 0.3 is 0 Å². The number of aryl methyl sites for hydroxylation is 1. The van der Waals surface area contributed by atoms with Crippen molar-refractivity contribution in [2.45, 2.75) is 13.8 Å².